The third-order valence-corrected chi connectivity index (χ3v) is 3.49. The van der Waals surface area contributed by atoms with Crippen molar-refractivity contribution < 1.29 is 0 Å². The second-order valence-electron chi connectivity index (χ2n) is 5.42. The molecular formula is C13H24N6. The van der Waals surface area contributed by atoms with Crippen LogP contribution in [0.2, 0.25) is 0 Å². The van der Waals surface area contributed by atoms with Crippen LogP contribution in [0.1, 0.15) is 38.4 Å². The zero-order chi connectivity index (χ0) is 13.8. The molecule has 4 N–H and O–H groups in total. The molecule has 0 spiro atoms. The van der Waals surface area contributed by atoms with E-state index in [0.29, 0.717) is 17.8 Å². The number of hydrogen-bond acceptors (Lipinski definition) is 6. The van der Waals surface area contributed by atoms with Crippen LogP contribution in [0.25, 0.3) is 0 Å². The molecule has 1 aliphatic carbocycles. The molecule has 0 aliphatic heterocycles. The van der Waals surface area contributed by atoms with E-state index < -0.39 is 0 Å². The maximum atomic E-state index is 5.45. The number of nitrogen functional groups attached to an aromatic ring is 1. The van der Waals surface area contributed by atoms with Crippen LogP contribution in [0.3, 0.4) is 0 Å². The first kappa shape index (κ1) is 14.0. The maximum absolute atomic E-state index is 5.45. The molecule has 0 unspecified atom stereocenters. The van der Waals surface area contributed by atoms with Crippen molar-refractivity contribution >= 4 is 11.6 Å². The third kappa shape index (κ3) is 4.04. The van der Waals surface area contributed by atoms with E-state index in [-0.39, 0.29) is 0 Å². The van der Waals surface area contributed by atoms with Gasteiger partial charge in [-0.1, -0.05) is 0 Å². The van der Waals surface area contributed by atoms with Gasteiger partial charge in [0.2, 0.25) is 0 Å². The Morgan fingerprint density at radius 1 is 1.37 bits per heavy atom. The van der Waals surface area contributed by atoms with Gasteiger partial charge >= 0.3 is 0 Å². The fourth-order valence-electron chi connectivity index (χ4n) is 1.77. The van der Waals surface area contributed by atoms with E-state index in [1.165, 1.54) is 12.8 Å². The molecule has 1 aromatic heterocycles. The Hall–Kier alpha value is -1.40. The minimum absolute atomic E-state index is 0.521. The molecule has 1 heterocycles. The highest BCUT2D eigenvalue weighted by atomic mass is 15.3. The zero-order valence-electron chi connectivity index (χ0n) is 12.0. The fraction of sp³-hybridized carbons (Fsp3) is 0.692. The van der Waals surface area contributed by atoms with Crippen molar-refractivity contribution in [2.45, 2.75) is 38.6 Å². The van der Waals surface area contributed by atoms with Crippen LogP contribution in [0.4, 0.5) is 11.6 Å². The number of rotatable bonds is 7. The maximum Gasteiger partial charge on any atom is 0.145 e. The number of likely N-dealkylation sites (N-methyl/N-ethyl adjacent to an activating group) is 1. The lowest BCUT2D eigenvalue weighted by molar-refractivity contribution is 0.284. The normalized spacial score (nSPS) is 15.1. The summed E-state index contributed by atoms with van der Waals surface area (Å²) in [5, 5.41) is 3.34. The summed E-state index contributed by atoms with van der Waals surface area (Å²) < 4.78 is 0. The summed E-state index contributed by atoms with van der Waals surface area (Å²) in [5.41, 5.74) is 2.61. The molecule has 6 heteroatoms. The van der Waals surface area contributed by atoms with Crippen molar-refractivity contribution in [1.82, 2.24) is 14.9 Å². The van der Waals surface area contributed by atoms with Crippen molar-refractivity contribution in [2.75, 3.05) is 30.9 Å². The van der Waals surface area contributed by atoms with Gasteiger partial charge in [0, 0.05) is 31.1 Å². The van der Waals surface area contributed by atoms with Crippen LogP contribution in [0, 0.1) is 0 Å². The van der Waals surface area contributed by atoms with Gasteiger partial charge in [0.1, 0.15) is 17.5 Å². The van der Waals surface area contributed by atoms with E-state index in [9.17, 15) is 0 Å². The molecule has 6 nitrogen and oxygen atoms in total. The van der Waals surface area contributed by atoms with Gasteiger partial charge in [-0.05, 0) is 33.7 Å². The topological polar surface area (TPSA) is 79.1 Å². The molecule has 19 heavy (non-hydrogen) atoms. The summed E-state index contributed by atoms with van der Waals surface area (Å²) in [7, 11) is 2.12. The molecule has 2 rings (SSSR count). The number of nitrogens with two attached hydrogens (primary N) is 1. The largest absolute Gasteiger partial charge is 0.369 e. The Balaban J connectivity index is 1.93. The van der Waals surface area contributed by atoms with E-state index in [4.69, 9.17) is 5.84 Å². The van der Waals surface area contributed by atoms with Crippen LogP contribution in [0.5, 0.6) is 0 Å². The number of hydrazine groups is 1. The number of anilines is 2. The Labute approximate surface area is 114 Å². The minimum atomic E-state index is 0.521. The number of hydrogen-bond donors (Lipinski definition) is 3. The molecule has 0 aromatic carbocycles. The first-order chi connectivity index (χ1) is 9.10. The lowest BCUT2D eigenvalue weighted by atomic mass is 10.3. The summed E-state index contributed by atoms with van der Waals surface area (Å²) >= 11 is 0. The first-order valence-electron chi connectivity index (χ1n) is 6.90. The number of nitrogens with one attached hydrogen (secondary N) is 2. The highest BCUT2D eigenvalue weighted by molar-refractivity contribution is 5.47. The second-order valence-corrected chi connectivity index (χ2v) is 5.42. The third-order valence-electron chi connectivity index (χ3n) is 3.49. The Kier molecular flexibility index (Phi) is 4.55. The van der Waals surface area contributed by atoms with E-state index in [1.54, 1.807) is 0 Å². The number of aromatic nitrogens is 2. The molecule has 0 saturated heterocycles. The summed E-state index contributed by atoms with van der Waals surface area (Å²) in [4.78, 5) is 11.2. The van der Waals surface area contributed by atoms with E-state index >= 15 is 0 Å². The van der Waals surface area contributed by atoms with Gasteiger partial charge in [0.15, 0.2) is 0 Å². The predicted molar refractivity (Wildman–Crippen MR) is 78.1 cm³/mol. The summed E-state index contributed by atoms with van der Waals surface area (Å²) in [6, 6.07) is 2.40. The van der Waals surface area contributed by atoms with Crippen molar-refractivity contribution in [1.29, 1.82) is 0 Å². The van der Waals surface area contributed by atoms with E-state index in [2.05, 4.69) is 46.5 Å². The molecule has 0 radical (unpaired) electrons. The molecule has 1 aliphatic rings. The van der Waals surface area contributed by atoms with Crippen molar-refractivity contribution in [3.63, 3.8) is 0 Å². The second kappa shape index (κ2) is 6.16. The molecule has 1 saturated carbocycles. The Bertz CT molecular complexity index is 416. The smallest absolute Gasteiger partial charge is 0.145 e. The standard InChI is InChI=1S/C13H24N6/c1-9(2)19(3)7-6-15-11-8-12(18-14)17-13(16-11)10-4-5-10/h8-10H,4-7,14H2,1-3H3,(H2,15,16,17,18). The Morgan fingerprint density at radius 2 is 2.05 bits per heavy atom. The number of nitrogens with zero attached hydrogens (tertiary/aromatic N) is 3. The van der Waals surface area contributed by atoms with Gasteiger partial charge in [0.25, 0.3) is 0 Å². The van der Waals surface area contributed by atoms with E-state index in [0.717, 1.165) is 24.7 Å². The van der Waals surface area contributed by atoms with Crippen molar-refractivity contribution in [3.8, 4) is 0 Å². The Morgan fingerprint density at radius 3 is 2.63 bits per heavy atom. The van der Waals surface area contributed by atoms with Gasteiger partial charge in [-0.25, -0.2) is 15.8 Å². The lowest BCUT2D eigenvalue weighted by Gasteiger charge is -2.21. The van der Waals surface area contributed by atoms with Crippen LogP contribution in [-0.4, -0.2) is 41.0 Å². The average molecular weight is 264 g/mol. The molecule has 106 valence electrons. The van der Waals surface area contributed by atoms with Gasteiger partial charge in [-0.15, -0.1) is 0 Å². The van der Waals surface area contributed by atoms with Gasteiger partial charge in [0.05, 0.1) is 0 Å². The van der Waals surface area contributed by atoms with E-state index in [1.807, 2.05) is 6.07 Å². The highest BCUT2D eigenvalue weighted by Crippen LogP contribution is 2.38. The van der Waals surface area contributed by atoms with Crippen molar-refractivity contribution in [2.24, 2.45) is 5.84 Å². The highest BCUT2D eigenvalue weighted by Gasteiger charge is 2.27. The quantitative estimate of drug-likeness (QED) is 0.510. The fourth-order valence-corrected chi connectivity index (χ4v) is 1.77. The molecule has 0 amide bonds. The zero-order valence-corrected chi connectivity index (χ0v) is 12.0. The van der Waals surface area contributed by atoms with Gasteiger partial charge in [-0.3, -0.25) is 0 Å². The van der Waals surface area contributed by atoms with Crippen molar-refractivity contribution in [3.05, 3.63) is 11.9 Å². The van der Waals surface area contributed by atoms with Crippen LogP contribution < -0.4 is 16.6 Å². The monoisotopic (exact) mass is 264 g/mol. The molecule has 0 atom stereocenters. The first-order valence-corrected chi connectivity index (χ1v) is 6.90. The molecule has 1 fully saturated rings. The minimum Gasteiger partial charge on any atom is -0.369 e. The lowest BCUT2D eigenvalue weighted by Crippen LogP contribution is -2.31. The van der Waals surface area contributed by atoms with Crippen LogP contribution >= 0.6 is 0 Å². The van der Waals surface area contributed by atoms with Gasteiger partial charge in [-0.2, -0.15) is 0 Å². The molecule has 0 bridgehead atoms. The summed E-state index contributed by atoms with van der Waals surface area (Å²) in [6.45, 7) is 6.21. The summed E-state index contributed by atoms with van der Waals surface area (Å²) in [5.74, 6) is 8.39. The van der Waals surface area contributed by atoms with Gasteiger partial charge < -0.3 is 15.6 Å². The SMILES string of the molecule is CC(C)N(C)CCNc1cc(NN)nc(C2CC2)n1. The summed E-state index contributed by atoms with van der Waals surface area (Å²) in [6.07, 6.45) is 2.37. The average Bonchev–Trinajstić information content (AvgIpc) is 3.22. The predicted octanol–water partition coefficient (Wildman–Crippen LogP) is 1.39. The van der Waals surface area contributed by atoms with Crippen LogP contribution in [-0.2, 0) is 0 Å². The van der Waals surface area contributed by atoms with Crippen LogP contribution in [0.15, 0.2) is 6.07 Å². The molecular weight excluding hydrogens is 240 g/mol. The molecule has 1 aromatic rings.